The smallest absolute Gasteiger partial charge is 0.151 e. The van der Waals surface area contributed by atoms with Crippen molar-refractivity contribution in [2.45, 2.75) is 0 Å². The lowest BCUT2D eigenvalue weighted by Crippen LogP contribution is -1.95. The fraction of sp³-hybridized carbons (Fsp3) is 0. The normalized spacial score (nSPS) is 11.0. The third kappa shape index (κ3) is 3.55. The molecule has 0 aliphatic rings. The maximum atomic E-state index is 13.3. The zero-order valence-electron chi connectivity index (χ0n) is 9.87. The van der Waals surface area contributed by atoms with Gasteiger partial charge in [-0.2, -0.15) is 5.10 Å². The summed E-state index contributed by atoms with van der Waals surface area (Å²) in [5.41, 5.74) is 2.91. The van der Waals surface area contributed by atoms with Crippen LogP contribution >= 0.6 is 31.9 Å². The van der Waals surface area contributed by atoms with Crippen LogP contribution in [0.5, 0.6) is 5.75 Å². The standard InChI is InChI=1S/C13H8Br2F2N2O/c14-8-3-7(13(20)10(15)4-8)6-18-19-12-2-1-9(16)5-11(12)17/h1-6,19-20H/b18-6+. The summed E-state index contributed by atoms with van der Waals surface area (Å²) in [4.78, 5) is 0. The van der Waals surface area contributed by atoms with Gasteiger partial charge in [-0.05, 0) is 40.2 Å². The molecule has 0 radical (unpaired) electrons. The topological polar surface area (TPSA) is 44.6 Å². The van der Waals surface area contributed by atoms with Crippen LogP contribution in [0, 0.1) is 11.6 Å². The Balaban J connectivity index is 2.18. The van der Waals surface area contributed by atoms with E-state index in [0.717, 1.165) is 16.6 Å². The maximum absolute atomic E-state index is 13.3. The predicted molar refractivity (Wildman–Crippen MR) is 81.1 cm³/mol. The highest BCUT2D eigenvalue weighted by Gasteiger charge is 2.06. The van der Waals surface area contributed by atoms with Crippen molar-refractivity contribution in [1.82, 2.24) is 0 Å². The van der Waals surface area contributed by atoms with Gasteiger partial charge in [0.2, 0.25) is 0 Å². The molecule has 104 valence electrons. The molecule has 7 heteroatoms. The Morgan fingerprint density at radius 3 is 2.60 bits per heavy atom. The molecule has 2 aromatic rings. The molecule has 0 aromatic heterocycles. The summed E-state index contributed by atoms with van der Waals surface area (Å²) in [5.74, 6) is -1.40. The van der Waals surface area contributed by atoms with Gasteiger partial charge in [-0.3, -0.25) is 5.43 Å². The molecule has 0 atom stereocenters. The summed E-state index contributed by atoms with van der Waals surface area (Å²) in [6.07, 6.45) is 1.33. The average molecular weight is 406 g/mol. The molecule has 0 aliphatic heterocycles. The van der Waals surface area contributed by atoms with Gasteiger partial charge in [0.15, 0.2) is 5.82 Å². The lowest BCUT2D eigenvalue weighted by Gasteiger charge is -2.04. The molecule has 0 bridgehead atoms. The summed E-state index contributed by atoms with van der Waals surface area (Å²) in [6, 6.07) is 6.43. The van der Waals surface area contributed by atoms with E-state index >= 15 is 0 Å². The number of hydrogen-bond acceptors (Lipinski definition) is 3. The molecule has 0 amide bonds. The van der Waals surface area contributed by atoms with Crippen molar-refractivity contribution in [3.8, 4) is 5.75 Å². The second kappa shape index (κ2) is 6.32. The van der Waals surface area contributed by atoms with E-state index in [1.165, 1.54) is 12.3 Å². The first-order chi connectivity index (χ1) is 9.47. The molecule has 3 nitrogen and oxygen atoms in total. The summed E-state index contributed by atoms with van der Waals surface area (Å²) in [5, 5.41) is 13.6. The van der Waals surface area contributed by atoms with Gasteiger partial charge in [-0.25, -0.2) is 8.78 Å². The SMILES string of the molecule is Oc1c(Br)cc(Br)cc1/C=N/Nc1ccc(F)cc1F. The molecular formula is C13H8Br2F2N2O. The number of hydrogen-bond donors (Lipinski definition) is 2. The Kier molecular flexibility index (Phi) is 4.72. The first kappa shape index (κ1) is 14.9. The molecule has 20 heavy (non-hydrogen) atoms. The van der Waals surface area contributed by atoms with Gasteiger partial charge in [-0.1, -0.05) is 15.9 Å². The first-order valence-corrected chi connectivity index (χ1v) is 6.98. The molecule has 0 saturated heterocycles. The maximum Gasteiger partial charge on any atom is 0.151 e. The second-order valence-electron chi connectivity index (χ2n) is 3.82. The van der Waals surface area contributed by atoms with Crippen molar-refractivity contribution in [3.63, 3.8) is 0 Å². The third-order valence-corrected chi connectivity index (χ3v) is 3.44. The van der Waals surface area contributed by atoms with Gasteiger partial charge in [0.25, 0.3) is 0 Å². The van der Waals surface area contributed by atoms with E-state index in [1.54, 1.807) is 12.1 Å². The van der Waals surface area contributed by atoms with Crippen molar-refractivity contribution in [2.24, 2.45) is 5.10 Å². The summed E-state index contributed by atoms with van der Waals surface area (Å²) >= 11 is 6.47. The third-order valence-electron chi connectivity index (χ3n) is 2.38. The minimum atomic E-state index is -0.748. The minimum Gasteiger partial charge on any atom is -0.506 e. The number of phenolic OH excluding ortho intramolecular Hbond substituents is 1. The van der Waals surface area contributed by atoms with Gasteiger partial charge in [-0.15, -0.1) is 0 Å². The van der Waals surface area contributed by atoms with Crippen molar-refractivity contribution >= 4 is 43.8 Å². The molecule has 2 aromatic carbocycles. The quantitative estimate of drug-likeness (QED) is 0.577. The Labute approximate surface area is 130 Å². The lowest BCUT2D eigenvalue weighted by molar-refractivity contribution is 0.471. The fourth-order valence-electron chi connectivity index (χ4n) is 1.44. The number of hydrazone groups is 1. The van der Waals surface area contributed by atoms with E-state index in [9.17, 15) is 13.9 Å². The van der Waals surface area contributed by atoms with Crippen LogP contribution in [0.3, 0.4) is 0 Å². The van der Waals surface area contributed by atoms with Crippen molar-refractivity contribution in [2.75, 3.05) is 5.43 Å². The number of nitrogens with zero attached hydrogens (tertiary/aromatic N) is 1. The zero-order chi connectivity index (χ0) is 14.7. The molecule has 0 aliphatic carbocycles. The van der Waals surface area contributed by atoms with Gasteiger partial charge < -0.3 is 5.11 Å². The number of halogens is 4. The highest BCUT2D eigenvalue weighted by molar-refractivity contribution is 9.11. The van der Waals surface area contributed by atoms with Crippen LogP contribution in [0.25, 0.3) is 0 Å². The Morgan fingerprint density at radius 1 is 1.15 bits per heavy atom. The largest absolute Gasteiger partial charge is 0.506 e. The monoisotopic (exact) mass is 404 g/mol. The average Bonchev–Trinajstić information content (AvgIpc) is 2.37. The van der Waals surface area contributed by atoms with E-state index in [4.69, 9.17) is 0 Å². The minimum absolute atomic E-state index is 0.0123. The number of anilines is 1. The van der Waals surface area contributed by atoms with Crippen LogP contribution in [0.1, 0.15) is 5.56 Å². The Morgan fingerprint density at radius 2 is 1.90 bits per heavy atom. The second-order valence-corrected chi connectivity index (χ2v) is 5.59. The van der Waals surface area contributed by atoms with E-state index in [1.807, 2.05) is 0 Å². The number of nitrogens with one attached hydrogen (secondary N) is 1. The van der Waals surface area contributed by atoms with Crippen LogP contribution in [-0.2, 0) is 0 Å². The Hall–Kier alpha value is -1.47. The van der Waals surface area contributed by atoms with Crippen LogP contribution in [-0.4, -0.2) is 11.3 Å². The van der Waals surface area contributed by atoms with Gasteiger partial charge >= 0.3 is 0 Å². The fourth-order valence-corrected chi connectivity index (χ4v) is 2.69. The molecule has 2 N–H and O–H groups in total. The van der Waals surface area contributed by atoms with Crippen LogP contribution in [0.4, 0.5) is 14.5 Å². The summed E-state index contributed by atoms with van der Waals surface area (Å²) in [6.45, 7) is 0. The molecule has 0 heterocycles. The molecule has 0 fully saturated rings. The summed E-state index contributed by atoms with van der Waals surface area (Å²) in [7, 11) is 0. The molecule has 0 saturated carbocycles. The molecular weight excluding hydrogens is 398 g/mol. The van der Waals surface area contributed by atoms with E-state index in [0.29, 0.717) is 10.0 Å². The van der Waals surface area contributed by atoms with Gasteiger partial charge in [0, 0.05) is 16.1 Å². The summed E-state index contributed by atoms with van der Waals surface area (Å²) < 4.78 is 27.3. The number of phenols is 1. The van der Waals surface area contributed by atoms with E-state index in [-0.39, 0.29) is 11.4 Å². The van der Waals surface area contributed by atoms with Crippen LogP contribution in [0.15, 0.2) is 44.4 Å². The molecule has 0 spiro atoms. The van der Waals surface area contributed by atoms with Crippen molar-refractivity contribution in [1.29, 1.82) is 0 Å². The van der Waals surface area contributed by atoms with Crippen LogP contribution in [0.2, 0.25) is 0 Å². The van der Waals surface area contributed by atoms with Crippen molar-refractivity contribution < 1.29 is 13.9 Å². The number of benzene rings is 2. The Bertz CT molecular complexity index is 678. The highest BCUT2D eigenvalue weighted by Crippen LogP contribution is 2.30. The molecule has 2 rings (SSSR count). The zero-order valence-corrected chi connectivity index (χ0v) is 13.0. The number of rotatable bonds is 3. The molecule has 0 unspecified atom stereocenters. The van der Waals surface area contributed by atoms with E-state index < -0.39 is 11.6 Å². The van der Waals surface area contributed by atoms with Crippen molar-refractivity contribution in [3.05, 3.63) is 56.5 Å². The van der Waals surface area contributed by atoms with E-state index in [2.05, 4.69) is 42.4 Å². The van der Waals surface area contributed by atoms with Gasteiger partial charge in [0.05, 0.1) is 16.4 Å². The number of aromatic hydroxyl groups is 1. The highest BCUT2D eigenvalue weighted by atomic mass is 79.9. The van der Waals surface area contributed by atoms with Crippen LogP contribution < -0.4 is 5.43 Å². The lowest BCUT2D eigenvalue weighted by atomic mass is 10.2. The van der Waals surface area contributed by atoms with Gasteiger partial charge in [0.1, 0.15) is 11.6 Å². The predicted octanol–water partition coefficient (Wildman–Crippen LogP) is 4.64. The first-order valence-electron chi connectivity index (χ1n) is 5.39.